The smallest absolute Gasteiger partial charge is 0.227 e. The van der Waals surface area contributed by atoms with Gasteiger partial charge in [0.1, 0.15) is 0 Å². The van der Waals surface area contributed by atoms with Crippen LogP contribution in [-0.2, 0) is 26.1 Å². The Bertz CT molecular complexity index is 872. The molecule has 7 heteroatoms. The molecule has 3 N–H and O–H groups in total. The molecule has 2 unspecified atom stereocenters. The van der Waals surface area contributed by atoms with Crippen LogP contribution in [0.1, 0.15) is 30.4 Å². The van der Waals surface area contributed by atoms with Crippen molar-refractivity contribution in [2.24, 2.45) is 11.7 Å². The number of sulfone groups is 1. The summed E-state index contributed by atoms with van der Waals surface area (Å²) in [6.07, 6.45) is 2.38. The summed E-state index contributed by atoms with van der Waals surface area (Å²) in [4.78, 5) is 12.3. The first kappa shape index (κ1) is 21.4. The van der Waals surface area contributed by atoms with Gasteiger partial charge >= 0.3 is 0 Å². The summed E-state index contributed by atoms with van der Waals surface area (Å²) in [5, 5.41) is 2.89. The lowest BCUT2D eigenvalue weighted by Gasteiger charge is -2.12. The van der Waals surface area contributed by atoms with Crippen LogP contribution in [0.15, 0.2) is 54.6 Å². The molecular formula is C20H25ClN2O3S. The van der Waals surface area contributed by atoms with E-state index in [-0.39, 0.29) is 41.8 Å². The van der Waals surface area contributed by atoms with E-state index in [1.54, 1.807) is 36.4 Å². The standard InChI is InChI=1S/C20H24N2O3S.ClH/c21-18-10-9-17(12-18)20(23)22-19-8-4-7-16(11-19)14-26(24,25)13-15-5-2-1-3-6-15;/h1-8,11,17-18H,9-10,12-14,21H2,(H,22,23);1H. The van der Waals surface area contributed by atoms with E-state index in [0.717, 1.165) is 18.4 Å². The van der Waals surface area contributed by atoms with Crippen molar-refractivity contribution < 1.29 is 13.2 Å². The number of hydrogen-bond acceptors (Lipinski definition) is 4. The molecule has 0 heterocycles. The minimum absolute atomic E-state index is 0. The summed E-state index contributed by atoms with van der Waals surface area (Å²) >= 11 is 0. The predicted octanol–water partition coefficient (Wildman–Crippen LogP) is 3.29. The summed E-state index contributed by atoms with van der Waals surface area (Å²) in [7, 11) is -3.29. The molecule has 146 valence electrons. The van der Waals surface area contributed by atoms with Gasteiger partial charge in [0.05, 0.1) is 11.5 Å². The molecule has 0 bridgehead atoms. The maximum atomic E-state index is 12.4. The van der Waals surface area contributed by atoms with Crippen LogP contribution in [-0.4, -0.2) is 20.4 Å². The van der Waals surface area contributed by atoms with Gasteiger partial charge in [-0.05, 0) is 42.5 Å². The molecule has 27 heavy (non-hydrogen) atoms. The second-order valence-corrected chi connectivity index (χ2v) is 9.04. The molecule has 1 aliphatic carbocycles. The minimum atomic E-state index is -3.29. The van der Waals surface area contributed by atoms with Gasteiger partial charge in [0.25, 0.3) is 0 Å². The number of halogens is 1. The molecule has 1 amide bonds. The van der Waals surface area contributed by atoms with Gasteiger partial charge in [-0.3, -0.25) is 4.79 Å². The SMILES string of the molecule is Cl.NC1CCC(C(=O)Nc2cccc(CS(=O)(=O)Cc3ccccc3)c2)C1. The summed E-state index contributed by atoms with van der Waals surface area (Å²) in [6.45, 7) is 0. The van der Waals surface area contributed by atoms with Crippen LogP contribution in [0.3, 0.4) is 0 Å². The van der Waals surface area contributed by atoms with Gasteiger partial charge < -0.3 is 11.1 Å². The van der Waals surface area contributed by atoms with Gasteiger partial charge in [-0.25, -0.2) is 8.42 Å². The summed E-state index contributed by atoms with van der Waals surface area (Å²) in [6, 6.07) is 16.3. The maximum absolute atomic E-state index is 12.4. The quantitative estimate of drug-likeness (QED) is 0.767. The average Bonchev–Trinajstić information content (AvgIpc) is 3.02. The van der Waals surface area contributed by atoms with E-state index in [1.165, 1.54) is 0 Å². The molecule has 0 aliphatic heterocycles. The van der Waals surface area contributed by atoms with Gasteiger partial charge in [-0.15, -0.1) is 12.4 Å². The fraction of sp³-hybridized carbons (Fsp3) is 0.350. The van der Waals surface area contributed by atoms with Gasteiger partial charge in [-0.1, -0.05) is 42.5 Å². The van der Waals surface area contributed by atoms with Crippen molar-refractivity contribution in [3.05, 3.63) is 65.7 Å². The largest absolute Gasteiger partial charge is 0.328 e. The molecule has 1 fully saturated rings. The minimum Gasteiger partial charge on any atom is -0.328 e. The highest BCUT2D eigenvalue weighted by Crippen LogP contribution is 2.26. The first-order valence-electron chi connectivity index (χ1n) is 8.81. The molecule has 5 nitrogen and oxygen atoms in total. The molecule has 2 atom stereocenters. The number of benzene rings is 2. The van der Waals surface area contributed by atoms with Crippen molar-refractivity contribution in [2.75, 3.05) is 5.32 Å². The van der Waals surface area contributed by atoms with Crippen LogP contribution in [0.4, 0.5) is 5.69 Å². The average molecular weight is 409 g/mol. The third kappa shape index (κ3) is 6.34. The van der Waals surface area contributed by atoms with Crippen molar-refractivity contribution >= 4 is 33.8 Å². The highest BCUT2D eigenvalue weighted by atomic mass is 35.5. The molecule has 0 radical (unpaired) electrons. The molecule has 1 aliphatic rings. The first-order valence-corrected chi connectivity index (χ1v) is 10.6. The third-order valence-corrected chi connectivity index (χ3v) is 6.20. The monoisotopic (exact) mass is 408 g/mol. The molecule has 3 rings (SSSR count). The number of hydrogen-bond donors (Lipinski definition) is 2. The van der Waals surface area contributed by atoms with Crippen LogP contribution < -0.4 is 11.1 Å². The Kier molecular flexibility index (Phi) is 7.41. The van der Waals surface area contributed by atoms with Gasteiger partial charge in [-0.2, -0.15) is 0 Å². The number of carbonyl (C=O) groups is 1. The lowest BCUT2D eigenvalue weighted by Crippen LogP contribution is -2.23. The molecule has 0 spiro atoms. The Hall–Kier alpha value is -1.89. The molecule has 1 saturated carbocycles. The Balaban J connectivity index is 0.00000261. The molecule has 2 aromatic carbocycles. The zero-order valence-electron chi connectivity index (χ0n) is 15.0. The van der Waals surface area contributed by atoms with E-state index in [4.69, 9.17) is 5.73 Å². The van der Waals surface area contributed by atoms with Crippen LogP contribution in [0.25, 0.3) is 0 Å². The Labute approximate surface area is 166 Å². The number of anilines is 1. The van der Waals surface area contributed by atoms with Crippen LogP contribution in [0.5, 0.6) is 0 Å². The lowest BCUT2D eigenvalue weighted by molar-refractivity contribution is -0.119. The van der Waals surface area contributed by atoms with E-state index in [0.29, 0.717) is 17.7 Å². The first-order chi connectivity index (χ1) is 12.4. The Morgan fingerprint density at radius 1 is 1.00 bits per heavy atom. The maximum Gasteiger partial charge on any atom is 0.227 e. The summed E-state index contributed by atoms with van der Waals surface area (Å²) in [5.41, 5.74) is 7.94. The molecular weight excluding hydrogens is 384 g/mol. The molecule has 0 aromatic heterocycles. The number of rotatable bonds is 6. The number of nitrogens with one attached hydrogen (secondary N) is 1. The number of carbonyl (C=O) groups excluding carboxylic acids is 1. The van der Waals surface area contributed by atoms with Gasteiger partial charge in [0.15, 0.2) is 9.84 Å². The van der Waals surface area contributed by atoms with E-state index in [1.807, 2.05) is 18.2 Å². The van der Waals surface area contributed by atoms with Crippen LogP contribution in [0.2, 0.25) is 0 Å². The van der Waals surface area contributed by atoms with Crippen molar-refractivity contribution in [3.8, 4) is 0 Å². The van der Waals surface area contributed by atoms with E-state index in [2.05, 4.69) is 5.32 Å². The second kappa shape index (κ2) is 9.35. The molecule has 2 aromatic rings. The van der Waals surface area contributed by atoms with E-state index >= 15 is 0 Å². The second-order valence-electron chi connectivity index (χ2n) is 6.98. The molecule has 0 saturated heterocycles. The summed E-state index contributed by atoms with van der Waals surface area (Å²) < 4.78 is 24.9. The highest BCUT2D eigenvalue weighted by Gasteiger charge is 2.27. The van der Waals surface area contributed by atoms with Crippen molar-refractivity contribution in [1.29, 1.82) is 0 Å². The number of nitrogens with two attached hydrogens (primary N) is 1. The topological polar surface area (TPSA) is 89.3 Å². The number of amides is 1. The van der Waals surface area contributed by atoms with Crippen LogP contribution >= 0.6 is 12.4 Å². The summed E-state index contributed by atoms with van der Waals surface area (Å²) in [5.74, 6) is -0.151. The fourth-order valence-electron chi connectivity index (χ4n) is 3.37. The van der Waals surface area contributed by atoms with E-state index in [9.17, 15) is 13.2 Å². The zero-order chi connectivity index (χ0) is 18.6. The highest BCUT2D eigenvalue weighted by molar-refractivity contribution is 7.89. The predicted molar refractivity (Wildman–Crippen MR) is 110 cm³/mol. The van der Waals surface area contributed by atoms with Gasteiger partial charge in [0, 0.05) is 17.6 Å². The van der Waals surface area contributed by atoms with Crippen molar-refractivity contribution in [3.63, 3.8) is 0 Å². The third-order valence-electron chi connectivity index (χ3n) is 4.65. The fourth-order valence-corrected chi connectivity index (χ4v) is 4.86. The Morgan fingerprint density at radius 2 is 1.67 bits per heavy atom. The normalized spacial score (nSPS) is 19.3. The van der Waals surface area contributed by atoms with Gasteiger partial charge in [0.2, 0.25) is 5.91 Å². The van der Waals surface area contributed by atoms with Crippen LogP contribution in [0, 0.1) is 5.92 Å². The lowest BCUT2D eigenvalue weighted by atomic mass is 10.1. The van der Waals surface area contributed by atoms with Crippen molar-refractivity contribution in [2.45, 2.75) is 36.8 Å². The Morgan fingerprint density at radius 3 is 2.33 bits per heavy atom. The van der Waals surface area contributed by atoms with E-state index < -0.39 is 9.84 Å². The zero-order valence-corrected chi connectivity index (χ0v) is 16.6. The van der Waals surface area contributed by atoms with Crippen molar-refractivity contribution in [1.82, 2.24) is 0 Å².